The number of rotatable bonds is 5. The summed E-state index contributed by atoms with van der Waals surface area (Å²) in [7, 11) is 1.48. The molecule has 5 heteroatoms. The standard InChI is InChI=1S/C15H21FN2O.ClH/c1-3-4-14(18-9-7-17-8-10-18)12-5-6-15(19-2)13(16)11-12;/h3,5-6,11,14,17H,1,4,7-10H2,2H3;1H/t14-;/m0./s1. The summed E-state index contributed by atoms with van der Waals surface area (Å²) in [4.78, 5) is 2.37. The molecule has 1 aromatic carbocycles. The Bertz CT molecular complexity index is 436. The Balaban J connectivity index is 0.00000200. The van der Waals surface area contributed by atoms with E-state index in [9.17, 15) is 4.39 Å². The van der Waals surface area contributed by atoms with Crippen LogP contribution in [0.3, 0.4) is 0 Å². The van der Waals surface area contributed by atoms with Gasteiger partial charge in [0.15, 0.2) is 11.6 Å². The van der Waals surface area contributed by atoms with Gasteiger partial charge in [-0.3, -0.25) is 4.90 Å². The highest BCUT2D eigenvalue weighted by Gasteiger charge is 2.21. The summed E-state index contributed by atoms with van der Waals surface area (Å²) in [6.07, 6.45) is 2.72. The summed E-state index contributed by atoms with van der Waals surface area (Å²) in [5.74, 6) is -0.00869. The molecule has 0 amide bonds. The van der Waals surface area contributed by atoms with Gasteiger partial charge in [0.05, 0.1) is 7.11 Å². The van der Waals surface area contributed by atoms with E-state index < -0.39 is 0 Å². The van der Waals surface area contributed by atoms with E-state index in [0.717, 1.165) is 38.2 Å². The zero-order valence-corrected chi connectivity index (χ0v) is 12.6. The first kappa shape index (κ1) is 17.0. The number of hydrogen-bond donors (Lipinski definition) is 1. The average molecular weight is 301 g/mol. The van der Waals surface area contributed by atoms with Gasteiger partial charge in [0.1, 0.15) is 0 Å². The van der Waals surface area contributed by atoms with Crippen molar-refractivity contribution in [2.45, 2.75) is 12.5 Å². The summed E-state index contributed by atoms with van der Waals surface area (Å²) in [5.41, 5.74) is 0.986. The summed E-state index contributed by atoms with van der Waals surface area (Å²) in [5, 5.41) is 3.33. The van der Waals surface area contributed by atoms with Crippen molar-refractivity contribution in [1.29, 1.82) is 0 Å². The van der Waals surface area contributed by atoms with Crippen molar-refractivity contribution in [1.82, 2.24) is 10.2 Å². The molecule has 112 valence electrons. The number of halogens is 2. The second-order valence-electron chi connectivity index (χ2n) is 4.72. The maximum absolute atomic E-state index is 13.8. The lowest BCUT2D eigenvalue weighted by molar-refractivity contribution is 0.174. The quantitative estimate of drug-likeness (QED) is 0.846. The van der Waals surface area contributed by atoms with Crippen LogP contribution in [0.4, 0.5) is 4.39 Å². The van der Waals surface area contributed by atoms with Crippen LogP contribution in [-0.2, 0) is 0 Å². The summed E-state index contributed by atoms with van der Waals surface area (Å²) in [6.45, 7) is 7.73. The van der Waals surface area contributed by atoms with Gasteiger partial charge in [-0.15, -0.1) is 19.0 Å². The minimum absolute atomic E-state index is 0. The fourth-order valence-corrected chi connectivity index (χ4v) is 2.54. The Kier molecular flexibility index (Phi) is 6.99. The van der Waals surface area contributed by atoms with E-state index >= 15 is 0 Å². The van der Waals surface area contributed by atoms with Gasteiger partial charge in [-0.2, -0.15) is 0 Å². The van der Waals surface area contributed by atoms with Gasteiger partial charge in [0, 0.05) is 32.2 Å². The zero-order valence-electron chi connectivity index (χ0n) is 11.8. The van der Waals surface area contributed by atoms with Gasteiger partial charge in [0.25, 0.3) is 0 Å². The normalized spacial score (nSPS) is 17.1. The first-order valence-corrected chi connectivity index (χ1v) is 6.65. The van der Waals surface area contributed by atoms with Crippen molar-refractivity contribution in [2.24, 2.45) is 0 Å². The molecular weight excluding hydrogens is 279 g/mol. The van der Waals surface area contributed by atoms with Gasteiger partial charge >= 0.3 is 0 Å². The SMILES string of the molecule is C=CC[C@@H](c1ccc(OC)c(F)c1)N1CCNCC1.Cl. The van der Waals surface area contributed by atoms with Crippen LogP contribution in [0.5, 0.6) is 5.75 Å². The second-order valence-corrected chi connectivity index (χ2v) is 4.72. The predicted octanol–water partition coefficient (Wildman–Crippen LogP) is 2.78. The minimum atomic E-state index is -0.302. The molecule has 1 N–H and O–H groups in total. The topological polar surface area (TPSA) is 24.5 Å². The molecule has 1 atom stereocenters. The lowest BCUT2D eigenvalue weighted by atomic mass is 10.0. The van der Waals surface area contributed by atoms with E-state index in [1.54, 1.807) is 12.1 Å². The average Bonchev–Trinajstić information content (AvgIpc) is 2.45. The molecule has 1 aromatic rings. The Morgan fingerprint density at radius 2 is 2.15 bits per heavy atom. The lowest BCUT2D eigenvalue weighted by Crippen LogP contribution is -2.45. The monoisotopic (exact) mass is 300 g/mol. The first-order valence-electron chi connectivity index (χ1n) is 6.65. The summed E-state index contributed by atoms with van der Waals surface area (Å²) in [6, 6.07) is 5.41. The Labute approximate surface area is 126 Å². The van der Waals surface area contributed by atoms with E-state index in [-0.39, 0.29) is 24.3 Å². The van der Waals surface area contributed by atoms with Crippen LogP contribution >= 0.6 is 12.4 Å². The van der Waals surface area contributed by atoms with Crippen LogP contribution < -0.4 is 10.1 Å². The summed E-state index contributed by atoms with van der Waals surface area (Å²) >= 11 is 0. The third kappa shape index (κ3) is 3.95. The smallest absolute Gasteiger partial charge is 0.165 e. The molecule has 1 aliphatic rings. The van der Waals surface area contributed by atoms with Crippen molar-refractivity contribution >= 4 is 12.4 Å². The van der Waals surface area contributed by atoms with Crippen LogP contribution in [0.15, 0.2) is 30.9 Å². The van der Waals surface area contributed by atoms with Crippen LogP contribution in [0, 0.1) is 5.82 Å². The Morgan fingerprint density at radius 3 is 2.70 bits per heavy atom. The first-order chi connectivity index (χ1) is 9.26. The number of hydrogen-bond acceptors (Lipinski definition) is 3. The Morgan fingerprint density at radius 1 is 1.45 bits per heavy atom. The predicted molar refractivity (Wildman–Crippen MR) is 82.2 cm³/mol. The maximum Gasteiger partial charge on any atom is 0.165 e. The van der Waals surface area contributed by atoms with Crippen LogP contribution in [0.2, 0.25) is 0 Å². The second kappa shape index (κ2) is 8.25. The van der Waals surface area contributed by atoms with E-state index in [0.29, 0.717) is 5.75 Å². The van der Waals surface area contributed by atoms with Crippen LogP contribution in [-0.4, -0.2) is 38.2 Å². The van der Waals surface area contributed by atoms with Crippen molar-refractivity contribution in [2.75, 3.05) is 33.3 Å². The van der Waals surface area contributed by atoms with Gasteiger partial charge in [-0.1, -0.05) is 12.1 Å². The molecular formula is C15H22ClFN2O. The number of piperazine rings is 1. The molecule has 1 fully saturated rings. The molecule has 0 spiro atoms. The third-order valence-electron chi connectivity index (χ3n) is 3.54. The fourth-order valence-electron chi connectivity index (χ4n) is 2.54. The van der Waals surface area contributed by atoms with Crippen molar-refractivity contribution in [3.8, 4) is 5.75 Å². The molecule has 0 radical (unpaired) electrons. The molecule has 0 aromatic heterocycles. The third-order valence-corrected chi connectivity index (χ3v) is 3.54. The molecule has 1 saturated heterocycles. The van der Waals surface area contributed by atoms with Crippen molar-refractivity contribution < 1.29 is 9.13 Å². The van der Waals surface area contributed by atoms with Gasteiger partial charge in [-0.25, -0.2) is 4.39 Å². The highest BCUT2D eigenvalue weighted by Crippen LogP contribution is 2.28. The number of benzene rings is 1. The molecule has 3 nitrogen and oxygen atoms in total. The van der Waals surface area contributed by atoms with Crippen molar-refractivity contribution in [3.63, 3.8) is 0 Å². The summed E-state index contributed by atoms with van der Waals surface area (Å²) < 4.78 is 18.8. The molecule has 2 rings (SSSR count). The lowest BCUT2D eigenvalue weighted by Gasteiger charge is -2.34. The fraction of sp³-hybridized carbons (Fsp3) is 0.467. The highest BCUT2D eigenvalue weighted by molar-refractivity contribution is 5.85. The van der Waals surface area contributed by atoms with Crippen LogP contribution in [0.1, 0.15) is 18.0 Å². The number of methoxy groups -OCH3 is 1. The van der Waals surface area contributed by atoms with E-state index in [2.05, 4.69) is 16.8 Å². The minimum Gasteiger partial charge on any atom is -0.494 e. The van der Waals surface area contributed by atoms with E-state index in [1.807, 2.05) is 12.1 Å². The highest BCUT2D eigenvalue weighted by atomic mass is 35.5. The Hall–Kier alpha value is -1.10. The van der Waals surface area contributed by atoms with E-state index in [4.69, 9.17) is 4.74 Å². The molecule has 1 aliphatic heterocycles. The molecule has 0 saturated carbocycles. The van der Waals surface area contributed by atoms with Crippen LogP contribution in [0.25, 0.3) is 0 Å². The number of ether oxygens (including phenoxy) is 1. The molecule has 0 unspecified atom stereocenters. The number of nitrogens with zero attached hydrogens (tertiary/aromatic N) is 1. The largest absolute Gasteiger partial charge is 0.494 e. The van der Waals surface area contributed by atoms with Crippen molar-refractivity contribution in [3.05, 3.63) is 42.2 Å². The molecule has 0 bridgehead atoms. The van der Waals surface area contributed by atoms with E-state index in [1.165, 1.54) is 7.11 Å². The molecule has 20 heavy (non-hydrogen) atoms. The van der Waals surface area contributed by atoms with Gasteiger partial charge in [0.2, 0.25) is 0 Å². The maximum atomic E-state index is 13.8. The number of nitrogens with one attached hydrogen (secondary N) is 1. The zero-order chi connectivity index (χ0) is 13.7. The van der Waals surface area contributed by atoms with Gasteiger partial charge < -0.3 is 10.1 Å². The molecule has 1 heterocycles. The molecule has 0 aliphatic carbocycles. The van der Waals surface area contributed by atoms with Gasteiger partial charge in [-0.05, 0) is 24.1 Å².